The summed E-state index contributed by atoms with van der Waals surface area (Å²) >= 11 is 0. The van der Waals surface area contributed by atoms with Crippen LogP contribution in [0.2, 0.25) is 0 Å². The highest BCUT2D eigenvalue weighted by atomic mass is 32.2. The van der Waals surface area contributed by atoms with E-state index in [0.717, 1.165) is 48.4 Å². The minimum atomic E-state index is -3.48. The number of piperidine rings is 1. The van der Waals surface area contributed by atoms with Crippen LogP contribution in [0.25, 0.3) is 0 Å². The highest BCUT2D eigenvalue weighted by Gasteiger charge is 2.50. The number of nitrogens with one attached hydrogen (secondary N) is 1. The fourth-order valence-electron chi connectivity index (χ4n) is 5.79. The number of methoxy groups -OCH3 is 1. The van der Waals surface area contributed by atoms with Gasteiger partial charge in [0.1, 0.15) is 5.75 Å². The van der Waals surface area contributed by atoms with E-state index >= 15 is 0 Å². The number of sulfonamides is 1. The molecule has 3 aliphatic heterocycles. The van der Waals surface area contributed by atoms with E-state index in [9.17, 15) is 8.42 Å². The number of nitrogens with zero attached hydrogens (tertiary/aromatic N) is 2. The van der Waals surface area contributed by atoms with Crippen molar-refractivity contribution >= 4 is 21.4 Å². The van der Waals surface area contributed by atoms with E-state index < -0.39 is 10.0 Å². The van der Waals surface area contributed by atoms with E-state index in [0.29, 0.717) is 24.0 Å². The predicted molar refractivity (Wildman–Crippen MR) is 124 cm³/mol. The molecule has 2 fully saturated rings. The van der Waals surface area contributed by atoms with Crippen molar-refractivity contribution in [2.75, 3.05) is 37.0 Å². The molecular formula is C24H31N3O3S. The van der Waals surface area contributed by atoms with Crippen LogP contribution in [-0.2, 0) is 10.0 Å². The van der Waals surface area contributed by atoms with E-state index in [2.05, 4.69) is 22.3 Å². The smallest absolute Gasteiger partial charge is 0.243 e. The first kappa shape index (κ1) is 20.6. The summed E-state index contributed by atoms with van der Waals surface area (Å²) in [6.07, 6.45) is 3.91. The van der Waals surface area contributed by atoms with Gasteiger partial charge in [0.05, 0.1) is 35.0 Å². The molecule has 0 bridgehead atoms. The van der Waals surface area contributed by atoms with Crippen molar-refractivity contribution in [3.8, 4) is 5.75 Å². The second-order valence-corrected chi connectivity index (χ2v) is 11.2. The number of anilines is 2. The number of hydrogen-bond donors (Lipinski definition) is 1. The van der Waals surface area contributed by atoms with Gasteiger partial charge >= 0.3 is 0 Å². The Balaban J connectivity index is 1.42. The summed E-state index contributed by atoms with van der Waals surface area (Å²) in [4.78, 5) is 2.94. The Morgan fingerprint density at radius 2 is 1.74 bits per heavy atom. The van der Waals surface area contributed by atoms with E-state index in [-0.39, 0.29) is 5.54 Å². The molecule has 3 heterocycles. The van der Waals surface area contributed by atoms with Crippen LogP contribution in [-0.4, -0.2) is 51.0 Å². The molecule has 0 amide bonds. The summed E-state index contributed by atoms with van der Waals surface area (Å²) in [7, 11) is -1.79. The minimum absolute atomic E-state index is 0.107. The third-order valence-corrected chi connectivity index (χ3v) is 9.11. The zero-order valence-electron chi connectivity index (χ0n) is 18.5. The van der Waals surface area contributed by atoms with Crippen molar-refractivity contribution in [1.82, 2.24) is 4.31 Å². The summed E-state index contributed by atoms with van der Waals surface area (Å²) in [6, 6.07) is 12.2. The van der Waals surface area contributed by atoms with Gasteiger partial charge in [0.2, 0.25) is 10.0 Å². The quantitative estimate of drug-likeness (QED) is 0.782. The number of fused-ring (bicyclic) bond motifs is 4. The molecule has 1 atom stereocenters. The van der Waals surface area contributed by atoms with E-state index in [4.69, 9.17) is 4.74 Å². The van der Waals surface area contributed by atoms with Crippen molar-refractivity contribution in [2.24, 2.45) is 0 Å². The Kier molecular flexibility index (Phi) is 4.94. The van der Waals surface area contributed by atoms with Gasteiger partial charge in [0.15, 0.2) is 0 Å². The normalized spacial score (nSPS) is 22.7. The molecule has 31 heavy (non-hydrogen) atoms. The Labute approximate surface area is 185 Å². The monoisotopic (exact) mass is 441 g/mol. The highest BCUT2D eigenvalue weighted by molar-refractivity contribution is 7.89. The fourth-order valence-corrected chi connectivity index (χ4v) is 7.42. The summed E-state index contributed by atoms with van der Waals surface area (Å²) in [5.41, 5.74) is 4.19. The van der Waals surface area contributed by atoms with Gasteiger partial charge in [-0.2, -0.15) is 4.31 Å². The molecule has 1 unspecified atom stereocenters. The van der Waals surface area contributed by atoms with Gasteiger partial charge < -0.3 is 15.0 Å². The van der Waals surface area contributed by atoms with Crippen molar-refractivity contribution in [3.05, 3.63) is 47.5 Å². The maximum Gasteiger partial charge on any atom is 0.243 e. The zero-order chi connectivity index (χ0) is 21.8. The summed E-state index contributed by atoms with van der Waals surface area (Å²) < 4.78 is 33.8. The van der Waals surface area contributed by atoms with Gasteiger partial charge in [0.25, 0.3) is 0 Å². The third kappa shape index (κ3) is 3.38. The minimum Gasteiger partial charge on any atom is -0.497 e. The van der Waals surface area contributed by atoms with E-state index in [1.54, 1.807) is 23.5 Å². The lowest BCUT2D eigenvalue weighted by atomic mass is 9.78. The molecule has 6 nitrogen and oxygen atoms in total. The molecule has 0 aromatic heterocycles. The Morgan fingerprint density at radius 3 is 2.42 bits per heavy atom. The van der Waals surface area contributed by atoms with Crippen LogP contribution in [0.3, 0.4) is 0 Å². The lowest BCUT2D eigenvalue weighted by Gasteiger charge is -2.53. The average Bonchev–Trinajstić information content (AvgIpc) is 3.24. The second kappa shape index (κ2) is 7.41. The number of benzene rings is 2. The van der Waals surface area contributed by atoms with Crippen LogP contribution in [0.1, 0.15) is 36.8 Å². The van der Waals surface area contributed by atoms with Gasteiger partial charge in [-0.25, -0.2) is 8.42 Å². The number of hydrogen-bond acceptors (Lipinski definition) is 5. The number of rotatable bonds is 3. The molecule has 0 radical (unpaired) electrons. The standard InChI is InChI=1S/C24H31N3O3S/c1-17-13-18(2)15-20(14-17)31(28,29)26-11-8-24(9-12-26)23-5-4-10-27(23)22-7-6-19(30-3)16-21(22)25-24/h6-7,13-16,23,25H,4-5,8-12H2,1-3H3. The number of aryl methyl sites for hydroxylation is 2. The van der Waals surface area contributed by atoms with Gasteiger partial charge in [-0.15, -0.1) is 0 Å². The molecule has 166 valence electrons. The van der Waals surface area contributed by atoms with Crippen molar-refractivity contribution in [2.45, 2.75) is 56.0 Å². The molecule has 2 saturated heterocycles. The van der Waals surface area contributed by atoms with E-state index in [1.165, 1.54) is 12.1 Å². The Bertz CT molecular complexity index is 1090. The summed E-state index contributed by atoms with van der Waals surface area (Å²) in [5.74, 6) is 0.842. The Hall–Kier alpha value is -2.25. The summed E-state index contributed by atoms with van der Waals surface area (Å²) in [6.45, 7) is 6.02. The first-order valence-corrected chi connectivity index (χ1v) is 12.6. The zero-order valence-corrected chi connectivity index (χ0v) is 19.3. The third-order valence-electron chi connectivity index (χ3n) is 7.24. The van der Waals surface area contributed by atoms with Gasteiger partial charge in [0, 0.05) is 25.7 Å². The second-order valence-electron chi connectivity index (χ2n) is 9.24. The van der Waals surface area contributed by atoms with Crippen LogP contribution in [0.5, 0.6) is 5.75 Å². The Morgan fingerprint density at radius 1 is 1.03 bits per heavy atom. The maximum atomic E-state index is 13.4. The van der Waals surface area contributed by atoms with Crippen LogP contribution in [0, 0.1) is 13.8 Å². The SMILES string of the molecule is COc1ccc2c(c1)NC1(CCN(S(=O)(=O)c3cc(C)cc(C)c3)CC1)C1CCCN21. The van der Waals surface area contributed by atoms with Gasteiger partial charge in [-0.3, -0.25) is 0 Å². The molecule has 5 rings (SSSR count). The molecule has 0 aliphatic carbocycles. The van der Waals surface area contributed by atoms with Gasteiger partial charge in [-0.1, -0.05) is 6.07 Å². The first-order valence-electron chi connectivity index (χ1n) is 11.1. The highest BCUT2D eigenvalue weighted by Crippen LogP contribution is 2.48. The van der Waals surface area contributed by atoms with Crippen LogP contribution < -0.4 is 15.0 Å². The molecule has 2 aromatic rings. The fraction of sp³-hybridized carbons (Fsp3) is 0.500. The first-order chi connectivity index (χ1) is 14.8. The van der Waals surface area contributed by atoms with E-state index in [1.807, 2.05) is 26.0 Å². The molecule has 1 N–H and O–H groups in total. The lowest BCUT2D eigenvalue weighted by molar-refractivity contribution is 0.219. The lowest BCUT2D eigenvalue weighted by Crippen LogP contribution is -2.62. The molecule has 0 saturated carbocycles. The molecule has 7 heteroatoms. The van der Waals surface area contributed by atoms with Crippen LogP contribution >= 0.6 is 0 Å². The van der Waals surface area contributed by atoms with Crippen molar-refractivity contribution in [1.29, 1.82) is 0 Å². The predicted octanol–water partition coefficient (Wildman–Crippen LogP) is 3.93. The largest absolute Gasteiger partial charge is 0.497 e. The van der Waals surface area contributed by atoms with Crippen molar-refractivity contribution < 1.29 is 13.2 Å². The maximum absolute atomic E-state index is 13.4. The number of ether oxygens (including phenoxy) is 1. The van der Waals surface area contributed by atoms with Gasteiger partial charge in [-0.05, 0) is 74.9 Å². The molecule has 1 spiro atoms. The van der Waals surface area contributed by atoms with Crippen molar-refractivity contribution in [3.63, 3.8) is 0 Å². The molecule has 2 aromatic carbocycles. The molecular weight excluding hydrogens is 410 g/mol. The van der Waals surface area contributed by atoms with Crippen LogP contribution in [0.4, 0.5) is 11.4 Å². The average molecular weight is 442 g/mol. The summed E-state index contributed by atoms with van der Waals surface area (Å²) in [5, 5.41) is 3.85. The molecule has 3 aliphatic rings. The topological polar surface area (TPSA) is 61.9 Å². The van der Waals surface area contributed by atoms with Crippen LogP contribution in [0.15, 0.2) is 41.3 Å².